The fourth-order valence-electron chi connectivity index (χ4n) is 1.50. The lowest BCUT2D eigenvalue weighted by atomic mass is 10.1. The summed E-state index contributed by atoms with van der Waals surface area (Å²) < 4.78 is 13.1. The molecular weight excluding hydrogens is 259 g/mol. The first kappa shape index (κ1) is 12.3. The Morgan fingerprint density at radius 1 is 1.29 bits per heavy atom. The van der Waals surface area contributed by atoms with E-state index >= 15 is 0 Å². The molecule has 4 heteroatoms. The van der Waals surface area contributed by atoms with Crippen molar-refractivity contribution in [1.29, 1.82) is 0 Å². The lowest BCUT2D eigenvalue weighted by Gasteiger charge is -2.02. The van der Waals surface area contributed by atoms with Gasteiger partial charge in [0.2, 0.25) is 5.78 Å². The van der Waals surface area contributed by atoms with Gasteiger partial charge >= 0.3 is 0 Å². The Kier molecular flexibility index (Phi) is 3.31. The number of ketones is 1. The summed E-state index contributed by atoms with van der Waals surface area (Å²) in [5.74, 6) is -0.466. The molecule has 1 aromatic carbocycles. The number of hydrogen-bond acceptors (Lipinski definition) is 2. The van der Waals surface area contributed by atoms with Crippen molar-refractivity contribution >= 4 is 28.7 Å². The molecule has 17 heavy (non-hydrogen) atoms. The van der Waals surface area contributed by atoms with Gasteiger partial charge < -0.3 is 0 Å². The van der Waals surface area contributed by atoms with Gasteiger partial charge in [0.1, 0.15) is 5.82 Å². The molecule has 0 aliphatic heterocycles. The molecule has 0 N–H and O–H groups in total. The average Bonchev–Trinajstić information content (AvgIpc) is 2.63. The summed E-state index contributed by atoms with van der Waals surface area (Å²) in [6.45, 7) is 3.49. The van der Waals surface area contributed by atoms with Crippen LogP contribution in [0.3, 0.4) is 0 Å². The van der Waals surface area contributed by atoms with Gasteiger partial charge in [0, 0.05) is 5.56 Å². The van der Waals surface area contributed by atoms with Crippen LogP contribution in [-0.4, -0.2) is 5.78 Å². The highest BCUT2D eigenvalue weighted by atomic mass is 35.5. The molecule has 2 rings (SSSR count). The number of benzene rings is 1. The summed E-state index contributed by atoms with van der Waals surface area (Å²) >= 11 is 7.35. The van der Waals surface area contributed by atoms with E-state index in [4.69, 9.17) is 11.6 Å². The molecule has 0 unspecified atom stereocenters. The van der Waals surface area contributed by atoms with Crippen LogP contribution in [0.1, 0.15) is 26.4 Å². The predicted molar refractivity (Wildman–Crippen MR) is 68.6 cm³/mol. The number of aryl methyl sites for hydroxylation is 2. The third-order valence-corrected chi connectivity index (χ3v) is 4.22. The van der Waals surface area contributed by atoms with Crippen LogP contribution >= 0.6 is 22.9 Å². The van der Waals surface area contributed by atoms with Crippen molar-refractivity contribution in [2.75, 3.05) is 0 Å². The van der Waals surface area contributed by atoms with Crippen LogP contribution < -0.4 is 0 Å². The van der Waals surface area contributed by atoms with Crippen molar-refractivity contribution in [2.45, 2.75) is 13.8 Å². The van der Waals surface area contributed by atoms with Crippen LogP contribution in [0.5, 0.6) is 0 Å². The van der Waals surface area contributed by atoms with E-state index in [1.165, 1.54) is 23.5 Å². The molecule has 0 amide bonds. The van der Waals surface area contributed by atoms with E-state index in [0.717, 1.165) is 5.56 Å². The minimum atomic E-state index is -0.310. The fraction of sp³-hybridized carbons (Fsp3) is 0.154. The minimum Gasteiger partial charge on any atom is -0.288 e. The number of thiophene rings is 1. The zero-order valence-electron chi connectivity index (χ0n) is 9.38. The van der Waals surface area contributed by atoms with Crippen molar-refractivity contribution in [1.82, 2.24) is 0 Å². The highest BCUT2D eigenvalue weighted by Gasteiger charge is 2.17. The van der Waals surface area contributed by atoms with Crippen LogP contribution in [-0.2, 0) is 0 Å². The molecule has 0 bridgehead atoms. The number of carbonyl (C=O) groups excluding carboxylic acids is 1. The minimum absolute atomic E-state index is 0.156. The molecule has 0 spiro atoms. The molecule has 88 valence electrons. The third-order valence-electron chi connectivity index (χ3n) is 2.53. The first-order chi connectivity index (χ1) is 8.00. The van der Waals surface area contributed by atoms with E-state index in [-0.39, 0.29) is 11.6 Å². The van der Waals surface area contributed by atoms with Crippen LogP contribution in [0, 0.1) is 19.7 Å². The molecule has 0 atom stereocenters. The van der Waals surface area contributed by atoms with Crippen molar-refractivity contribution in [3.8, 4) is 0 Å². The normalized spacial score (nSPS) is 10.6. The average molecular weight is 269 g/mol. The molecule has 0 aliphatic rings. The van der Waals surface area contributed by atoms with Crippen molar-refractivity contribution in [2.24, 2.45) is 0 Å². The predicted octanol–water partition coefficient (Wildman–Crippen LogP) is 4.39. The van der Waals surface area contributed by atoms with Gasteiger partial charge in [-0.3, -0.25) is 4.79 Å². The molecule has 1 heterocycles. The zero-order valence-corrected chi connectivity index (χ0v) is 11.0. The largest absolute Gasteiger partial charge is 0.288 e. The second-order valence-corrected chi connectivity index (χ2v) is 5.11. The van der Waals surface area contributed by atoms with E-state index < -0.39 is 0 Å². The quantitative estimate of drug-likeness (QED) is 0.739. The van der Waals surface area contributed by atoms with E-state index in [1.807, 2.05) is 12.3 Å². The molecule has 0 saturated heterocycles. The van der Waals surface area contributed by atoms with Gasteiger partial charge in [-0.25, -0.2) is 4.39 Å². The standard InChI is InChI=1S/C13H10ClFOS/c1-7-5-9(3-4-10(7)15)12(16)13-11(14)8(2)6-17-13/h3-6H,1-2H3. The summed E-state index contributed by atoms with van der Waals surface area (Å²) in [5.41, 5.74) is 1.81. The van der Waals surface area contributed by atoms with Crippen molar-refractivity contribution < 1.29 is 9.18 Å². The number of hydrogen-bond donors (Lipinski definition) is 0. The Morgan fingerprint density at radius 2 is 2.00 bits per heavy atom. The van der Waals surface area contributed by atoms with Gasteiger partial charge in [-0.2, -0.15) is 0 Å². The topological polar surface area (TPSA) is 17.1 Å². The smallest absolute Gasteiger partial charge is 0.204 e. The molecule has 1 aromatic heterocycles. The fourth-order valence-corrected chi connectivity index (χ4v) is 2.74. The van der Waals surface area contributed by atoms with Crippen molar-refractivity contribution in [3.05, 3.63) is 56.0 Å². The Bertz CT molecular complexity index is 589. The Morgan fingerprint density at radius 3 is 2.53 bits per heavy atom. The molecule has 0 saturated carbocycles. The summed E-state index contributed by atoms with van der Waals surface area (Å²) in [4.78, 5) is 12.7. The maximum Gasteiger partial charge on any atom is 0.204 e. The highest BCUT2D eigenvalue weighted by Crippen LogP contribution is 2.29. The van der Waals surface area contributed by atoms with E-state index in [2.05, 4.69) is 0 Å². The Labute approximate surface area is 108 Å². The number of halogens is 2. The van der Waals surface area contributed by atoms with Gasteiger partial charge in [-0.15, -0.1) is 11.3 Å². The van der Waals surface area contributed by atoms with Gasteiger partial charge in [-0.1, -0.05) is 11.6 Å². The van der Waals surface area contributed by atoms with Gasteiger partial charge in [0.05, 0.1) is 9.90 Å². The lowest BCUT2D eigenvalue weighted by molar-refractivity contribution is 0.104. The van der Waals surface area contributed by atoms with Gasteiger partial charge in [0.15, 0.2) is 0 Å². The maximum absolute atomic E-state index is 13.1. The number of rotatable bonds is 2. The lowest BCUT2D eigenvalue weighted by Crippen LogP contribution is -2.00. The van der Waals surface area contributed by atoms with Crippen LogP contribution in [0.25, 0.3) is 0 Å². The maximum atomic E-state index is 13.1. The summed E-state index contributed by atoms with van der Waals surface area (Å²) in [6.07, 6.45) is 0. The molecule has 0 radical (unpaired) electrons. The summed E-state index contributed by atoms with van der Waals surface area (Å²) in [6, 6.07) is 4.33. The van der Waals surface area contributed by atoms with Crippen molar-refractivity contribution in [3.63, 3.8) is 0 Å². The third kappa shape index (κ3) is 2.26. The highest BCUT2D eigenvalue weighted by molar-refractivity contribution is 7.13. The first-order valence-electron chi connectivity index (χ1n) is 5.05. The van der Waals surface area contributed by atoms with Crippen LogP contribution in [0.15, 0.2) is 23.6 Å². The van der Waals surface area contributed by atoms with E-state index in [1.54, 1.807) is 13.0 Å². The molecule has 0 fully saturated rings. The number of carbonyl (C=O) groups is 1. The van der Waals surface area contributed by atoms with E-state index in [0.29, 0.717) is 21.0 Å². The second-order valence-electron chi connectivity index (χ2n) is 3.85. The monoisotopic (exact) mass is 268 g/mol. The zero-order chi connectivity index (χ0) is 12.6. The first-order valence-corrected chi connectivity index (χ1v) is 6.31. The SMILES string of the molecule is Cc1cc(C(=O)c2scc(C)c2Cl)ccc1F. The van der Waals surface area contributed by atoms with Gasteiger partial charge in [0.25, 0.3) is 0 Å². The molecule has 1 nitrogen and oxygen atoms in total. The second kappa shape index (κ2) is 4.59. The molecule has 0 aliphatic carbocycles. The van der Waals surface area contributed by atoms with Crippen LogP contribution in [0.4, 0.5) is 4.39 Å². The Balaban J connectivity index is 2.44. The van der Waals surface area contributed by atoms with Crippen LogP contribution in [0.2, 0.25) is 5.02 Å². The molecule has 2 aromatic rings. The Hall–Kier alpha value is -1.19. The molecular formula is C13H10ClFOS. The summed E-state index contributed by atoms with van der Waals surface area (Å²) in [7, 11) is 0. The van der Waals surface area contributed by atoms with E-state index in [9.17, 15) is 9.18 Å². The summed E-state index contributed by atoms with van der Waals surface area (Å²) in [5, 5.41) is 2.33. The van der Waals surface area contributed by atoms with Gasteiger partial charge in [-0.05, 0) is 48.6 Å².